The van der Waals surface area contributed by atoms with Gasteiger partial charge in [0.25, 0.3) is 5.91 Å². The van der Waals surface area contributed by atoms with Crippen LogP contribution in [0, 0.1) is 11.8 Å². The van der Waals surface area contributed by atoms with Crippen LogP contribution in [0.5, 0.6) is 0 Å². The van der Waals surface area contributed by atoms with Gasteiger partial charge in [-0.2, -0.15) is 0 Å². The standard InChI is InChI=1S/C26H33N3O3/c1-3-18(2)24(30)28-22-13-7-9-19(15-22)17-27-25(31)21-12-8-14-23(16-21)29-26(32)20-10-5-4-6-11-20/h7-9,12-16,18,20H,3-6,10-11,17H2,1-2H3,(H,27,31)(H,28,30)(H,29,32). The first kappa shape index (κ1) is 23.5. The molecule has 2 aromatic carbocycles. The normalized spacial score (nSPS) is 14.9. The lowest BCUT2D eigenvalue weighted by Gasteiger charge is -2.20. The second-order valence-electron chi connectivity index (χ2n) is 8.59. The van der Waals surface area contributed by atoms with Crippen molar-refractivity contribution in [3.05, 3.63) is 59.7 Å². The number of anilines is 2. The Morgan fingerprint density at radius 1 is 0.938 bits per heavy atom. The third kappa shape index (κ3) is 6.67. The highest BCUT2D eigenvalue weighted by Crippen LogP contribution is 2.25. The third-order valence-electron chi connectivity index (χ3n) is 6.08. The lowest BCUT2D eigenvalue weighted by Crippen LogP contribution is -2.25. The molecule has 3 N–H and O–H groups in total. The minimum absolute atomic E-state index is 0.0132. The molecule has 2 aromatic rings. The molecule has 32 heavy (non-hydrogen) atoms. The van der Waals surface area contributed by atoms with Gasteiger partial charge in [0.15, 0.2) is 0 Å². The fraction of sp³-hybridized carbons (Fsp3) is 0.423. The molecule has 0 bridgehead atoms. The number of hydrogen-bond acceptors (Lipinski definition) is 3. The number of rotatable bonds is 8. The van der Waals surface area contributed by atoms with Crippen molar-refractivity contribution in [1.29, 1.82) is 0 Å². The number of benzene rings is 2. The molecule has 6 nitrogen and oxygen atoms in total. The quantitative estimate of drug-likeness (QED) is 0.538. The number of amides is 3. The first-order valence-corrected chi connectivity index (χ1v) is 11.5. The number of nitrogens with one attached hydrogen (secondary N) is 3. The SMILES string of the molecule is CCC(C)C(=O)Nc1cccc(CNC(=O)c2cccc(NC(=O)C3CCCCC3)c2)c1. The van der Waals surface area contributed by atoms with Crippen LogP contribution >= 0.6 is 0 Å². The van der Waals surface area contributed by atoms with Gasteiger partial charge in [-0.1, -0.05) is 51.3 Å². The van der Waals surface area contributed by atoms with E-state index in [0.29, 0.717) is 17.8 Å². The molecular weight excluding hydrogens is 402 g/mol. The Hall–Kier alpha value is -3.15. The van der Waals surface area contributed by atoms with Crippen LogP contribution in [-0.4, -0.2) is 17.7 Å². The van der Waals surface area contributed by atoms with Crippen molar-refractivity contribution >= 4 is 29.1 Å². The van der Waals surface area contributed by atoms with Crippen LogP contribution in [0.2, 0.25) is 0 Å². The first-order chi connectivity index (χ1) is 15.5. The van der Waals surface area contributed by atoms with Gasteiger partial charge in [0.1, 0.15) is 0 Å². The summed E-state index contributed by atoms with van der Waals surface area (Å²) < 4.78 is 0. The maximum Gasteiger partial charge on any atom is 0.251 e. The Balaban J connectivity index is 1.56. The summed E-state index contributed by atoms with van der Waals surface area (Å²) in [7, 11) is 0. The van der Waals surface area contributed by atoms with Gasteiger partial charge >= 0.3 is 0 Å². The van der Waals surface area contributed by atoms with E-state index in [4.69, 9.17) is 0 Å². The molecule has 1 unspecified atom stereocenters. The molecule has 3 amide bonds. The number of carbonyl (C=O) groups excluding carboxylic acids is 3. The summed E-state index contributed by atoms with van der Waals surface area (Å²) in [5.74, 6) is -0.175. The van der Waals surface area contributed by atoms with Gasteiger partial charge in [-0.05, 0) is 55.2 Å². The monoisotopic (exact) mass is 435 g/mol. The van der Waals surface area contributed by atoms with Crippen molar-refractivity contribution in [2.45, 2.75) is 58.9 Å². The zero-order valence-electron chi connectivity index (χ0n) is 18.9. The van der Waals surface area contributed by atoms with Gasteiger partial charge in [0, 0.05) is 35.3 Å². The molecule has 0 spiro atoms. The lowest BCUT2D eigenvalue weighted by molar-refractivity contribution is -0.121. The van der Waals surface area contributed by atoms with E-state index in [1.807, 2.05) is 38.1 Å². The highest BCUT2D eigenvalue weighted by molar-refractivity contribution is 5.97. The van der Waals surface area contributed by atoms with Crippen molar-refractivity contribution in [2.24, 2.45) is 11.8 Å². The molecule has 0 radical (unpaired) electrons. The van der Waals surface area contributed by atoms with Crippen LogP contribution in [0.25, 0.3) is 0 Å². The van der Waals surface area contributed by atoms with Crippen LogP contribution < -0.4 is 16.0 Å². The topological polar surface area (TPSA) is 87.3 Å². The second kappa shape index (κ2) is 11.5. The van der Waals surface area contributed by atoms with Crippen molar-refractivity contribution in [3.8, 4) is 0 Å². The predicted octanol–water partition coefficient (Wildman–Crippen LogP) is 5.12. The summed E-state index contributed by atoms with van der Waals surface area (Å²) in [6, 6.07) is 14.5. The lowest BCUT2D eigenvalue weighted by atomic mass is 9.88. The molecule has 170 valence electrons. The number of hydrogen-bond donors (Lipinski definition) is 3. The van der Waals surface area contributed by atoms with Crippen molar-refractivity contribution < 1.29 is 14.4 Å². The predicted molar refractivity (Wildman–Crippen MR) is 127 cm³/mol. The highest BCUT2D eigenvalue weighted by atomic mass is 16.2. The smallest absolute Gasteiger partial charge is 0.251 e. The Labute approximate surface area is 190 Å². The number of carbonyl (C=O) groups is 3. The summed E-state index contributed by atoms with van der Waals surface area (Å²) in [5.41, 5.74) is 2.74. The molecule has 0 aromatic heterocycles. The molecule has 0 saturated heterocycles. The average Bonchev–Trinajstić information content (AvgIpc) is 2.83. The molecule has 3 rings (SSSR count). The summed E-state index contributed by atoms with van der Waals surface area (Å²) in [4.78, 5) is 37.2. The van der Waals surface area contributed by atoms with E-state index >= 15 is 0 Å². The molecule has 0 aliphatic heterocycles. The second-order valence-corrected chi connectivity index (χ2v) is 8.59. The van der Waals surface area contributed by atoms with Crippen LogP contribution in [0.3, 0.4) is 0 Å². The molecule has 6 heteroatoms. The fourth-order valence-corrected chi connectivity index (χ4v) is 3.84. The highest BCUT2D eigenvalue weighted by Gasteiger charge is 2.21. The van der Waals surface area contributed by atoms with Gasteiger partial charge in [-0.3, -0.25) is 14.4 Å². The molecular formula is C26H33N3O3. The van der Waals surface area contributed by atoms with Crippen molar-refractivity contribution in [2.75, 3.05) is 10.6 Å². The summed E-state index contributed by atoms with van der Waals surface area (Å²) in [5, 5.41) is 8.78. The van der Waals surface area contributed by atoms with E-state index in [1.165, 1.54) is 6.42 Å². The molecule has 1 saturated carbocycles. The largest absolute Gasteiger partial charge is 0.348 e. The van der Waals surface area contributed by atoms with Crippen LogP contribution in [0.15, 0.2) is 48.5 Å². The zero-order valence-corrected chi connectivity index (χ0v) is 18.9. The van der Waals surface area contributed by atoms with Gasteiger partial charge in [-0.15, -0.1) is 0 Å². The minimum atomic E-state index is -0.215. The molecule has 1 aliphatic carbocycles. The van der Waals surface area contributed by atoms with E-state index in [2.05, 4.69) is 16.0 Å². The van der Waals surface area contributed by atoms with E-state index in [0.717, 1.165) is 43.4 Å². The van der Waals surface area contributed by atoms with Crippen molar-refractivity contribution in [1.82, 2.24) is 5.32 Å². The van der Waals surface area contributed by atoms with Gasteiger partial charge in [0.05, 0.1) is 0 Å². The first-order valence-electron chi connectivity index (χ1n) is 11.5. The van der Waals surface area contributed by atoms with Gasteiger partial charge < -0.3 is 16.0 Å². The average molecular weight is 436 g/mol. The maximum absolute atomic E-state index is 12.7. The van der Waals surface area contributed by atoms with Crippen LogP contribution in [0.1, 0.15) is 68.3 Å². The maximum atomic E-state index is 12.7. The van der Waals surface area contributed by atoms with Crippen LogP contribution in [0.4, 0.5) is 11.4 Å². The molecule has 1 fully saturated rings. The summed E-state index contributed by atoms with van der Waals surface area (Å²) in [6.45, 7) is 4.21. The van der Waals surface area contributed by atoms with Crippen LogP contribution in [-0.2, 0) is 16.1 Å². The Morgan fingerprint density at radius 3 is 2.34 bits per heavy atom. The molecule has 0 heterocycles. The van der Waals surface area contributed by atoms with Gasteiger partial charge in [0.2, 0.25) is 11.8 Å². The van der Waals surface area contributed by atoms with E-state index in [-0.39, 0.29) is 29.6 Å². The molecule has 1 aliphatic rings. The van der Waals surface area contributed by atoms with E-state index in [9.17, 15) is 14.4 Å². The Kier molecular flexibility index (Phi) is 8.42. The summed E-state index contributed by atoms with van der Waals surface area (Å²) in [6.07, 6.45) is 6.05. The Bertz CT molecular complexity index is 951. The third-order valence-corrected chi connectivity index (χ3v) is 6.08. The fourth-order valence-electron chi connectivity index (χ4n) is 3.84. The zero-order chi connectivity index (χ0) is 22.9. The van der Waals surface area contributed by atoms with Crippen molar-refractivity contribution in [3.63, 3.8) is 0 Å². The Morgan fingerprint density at radius 2 is 1.62 bits per heavy atom. The van der Waals surface area contributed by atoms with Gasteiger partial charge in [-0.25, -0.2) is 0 Å². The summed E-state index contributed by atoms with van der Waals surface area (Å²) >= 11 is 0. The van der Waals surface area contributed by atoms with E-state index < -0.39 is 0 Å². The van der Waals surface area contributed by atoms with E-state index in [1.54, 1.807) is 24.3 Å². The molecule has 1 atom stereocenters. The minimum Gasteiger partial charge on any atom is -0.348 e.